The van der Waals surface area contributed by atoms with Gasteiger partial charge in [-0.25, -0.2) is 9.07 Å². The molecule has 6 nitrogen and oxygen atoms in total. The third-order valence-electron chi connectivity index (χ3n) is 4.73. The molecule has 2 heterocycles. The van der Waals surface area contributed by atoms with Crippen molar-refractivity contribution in [3.63, 3.8) is 0 Å². The highest BCUT2D eigenvalue weighted by atomic mass is 19.1. The molecule has 1 aromatic heterocycles. The molecule has 2 amide bonds. The number of anilines is 2. The molecule has 1 aliphatic rings. The summed E-state index contributed by atoms with van der Waals surface area (Å²) < 4.78 is 15.2. The van der Waals surface area contributed by atoms with Crippen molar-refractivity contribution in [1.82, 2.24) is 9.78 Å². The summed E-state index contributed by atoms with van der Waals surface area (Å²) in [6.45, 7) is 3.84. The van der Waals surface area contributed by atoms with Crippen LogP contribution in [0.15, 0.2) is 48.5 Å². The van der Waals surface area contributed by atoms with Crippen LogP contribution in [0.25, 0.3) is 5.69 Å². The van der Waals surface area contributed by atoms with Crippen molar-refractivity contribution in [1.29, 1.82) is 0 Å². The highest BCUT2D eigenvalue weighted by Crippen LogP contribution is 2.33. The number of aromatic nitrogens is 2. The number of amides is 2. The van der Waals surface area contributed by atoms with Crippen molar-refractivity contribution in [3.8, 4) is 5.69 Å². The summed E-state index contributed by atoms with van der Waals surface area (Å²) in [5, 5.41) is 9.95. The second-order valence-corrected chi connectivity index (χ2v) is 6.94. The molecule has 7 heteroatoms. The summed E-state index contributed by atoms with van der Waals surface area (Å²) in [6, 6.07) is 13.6. The Morgan fingerprint density at radius 2 is 1.93 bits per heavy atom. The molecule has 2 N–H and O–H groups in total. The number of carbonyl (C=O) groups excluding carboxylic acids is 2. The molecule has 0 bridgehead atoms. The molecule has 0 saturated carbocycles. The first-order valence-corrected chi connectivity index (χ1v) is 8.94. The molecule has 0 unspecified atom stereocenters. The van der Waals surface area contributed by atoms with E-state index in [9.17, 15) is 14.0 Å². The van der Waals surface area contributed by atoms with Gasteiger partial charge < -0.3 is 10.6 Å². The minimum Gasteiger partial charge on any atom is -0.326 e. The number of nitrogens with zero attached hydrogens (tertiary/aromatic N) is 2. The van der Waals surface area contributed by atoms with Gasteiger partial charge in [0.15, 0.2) is 0 Å². The lowest BCUT2D eigenvalue weighted by atomic mass is 9.89. The standard InChI is InChI=1S/C21H19FN4O2/c1-12-3-6-15(7-4-12)26-19(9-13(2)25-26)24-21(28)17-11-20(27)23-18-10-14(22)5-8-16(17)18/h3-10,17H,11H2,1-2H3,(H,23,27)(H,24,28)/t17-/m1/s1. The first-order chi connectivity index (χ1) is 13.4. The number of carbonyl (C=O) groups is 2. The van der Waals surface area contributed by atoms with Gasteiger partial charge in [-0.15, -0.1) is 0 Å². The summed E-state index contributed by atoms with van der Waals surface area (Å²) in [5.41, 5.74) is 3.61. The predicted octanol–water partition coefficient (Wildman–Crippen LogP) is 3.69. The van der Waals surface area contributed by atoms with Gasteiger partial charge in [0.1, 0.15) is 11.6 Å². The Hall–Kier alpha value is -3.48. The minimum absolute atomic E-state index is 0.00210. The highest BCUT2D eigenvalue weighted by molar-refractivity contribution is 6.04. The largest absolute Gasteiger partial charge is 0.326 e. The van der Waals surface area contributed by atoms with Crippen molar-refractivity contribution in [3.05, 3.63) is 71.2 Å². The van der Waals surface area contributed by atoms with E-state index in [-0.39, 0.29) is 18.2 Å². The SMILES string of the molecule is Cc1ccc(-n2nc(C)cc2NC(=O)[C@@H]2CC(=O)Nc3cc(F)ccc32)cc1. The second kappa shape index (κ2) is 6.92. The van der Waals surface area contributed by atoms with Gasteiger partial charge in [0.2, 0.25) is 11.8 Å². The van der Waals surface area contributed by atoms with Crippen LogP contribution in [0, 0.1) is 19.7 Å². The monoisotopic (exact) mass is 378 g/mol. The van der Waals surface area contributed by atoms with Crippen LogP contribution in [0.1, 0.15) is 29.2 Å². The van der Waals surface area contributed by atoms with Gasteiger partial charge in [0.05, 0.1) is 17.3 Å². The molecule has 2 aromatic carbocycles. The lowest BCUT2D eigenvalue weighted by molar-refractivity contribution is -0.123. The van der Waals surface area contributed by atoms with E-state index in [1.54, 1.807) is 10.7 Å². The number of aryl methyl sites for hydroxylation is 2. The Kier molecular flexibility index (Phi) is 4.43. The highest BCUT2D eigenvalue weighted by Gasteiger charge is 2.31. The fourth-order valence-electron chi connectivity index (χ4n) is 3.36. The van der Waals surface area contributed by atoms with Gasteiger partial charge in [0, 0.05) is 18.2 Å². The first-order valence-electron chi connectivity index (χ1n) is 8.94. The maximum absolute atomic E-state index is 13.5. The molecule has 1 aliphatic heterocycles. The number of rotatable bonds is 3. The number of halogens is 1. The average Bonchev–Trinajstić information content (AvgIpc) is 3.01. The molecular weight excluding hydrogens is 359 g/mol. The summed E-state index contributed by atoms with van der Waals surface area (Å²) in [6.07, 6.45) is 0.00210. The van der Waals surface area contributed by atoms with Crippen LogP contribution >= 0.6 is 0 Å². The van der Waals surface area contributed by atoms with E-state index < -0.39 is 11.7 Å². The molecule has 28 heavy (non-hydrogen) atoms. The third kappa shape index (κ3) is 3.38. The number of fused-ring (bicyclic) bond motifs is 1. The van der Waals surface area contributed by atoms with Gasteiger partial charge >= 0.3 is 0 Å². The first kappa shape index (κ1) is 17.9. The maximum atomic E-state index is 13.5. The Balaban J connectivity index is 1.65. The van der Waals surface area contributed by atoms with Crippen LogP contribution in [-0.4, -0.2) is 21.6 Å². The zero-order valence-corrected chi connectivity index (χ0v) is 15.5. The fraction of sp³-hybridized carbons (Fsp3) is 0.190. The van der Waals surface area contributed by atoms with Gasteiger partial charge in [-0.1, -0.05) is 23.8 Å². The van der Waals surface area contributed by atoms with Crippen LogP contribution in [0.4, 0.5) is 15.9 Å². The van der Waals surface area contributed by atoms with Crippen molar-refractivity contribution in [2.45, 2.75) is 26.2 Å². The topological polar surface area (TPSA) is 76.0 Å². The molecule has 0 radical (unpaired) electrons. The smallest absolute Gasteiger partial charge is 0.233 e. The number of hydrogen-bond donors (Lipinski definition) is 2. The van der Waals surface area contributed by atoms with Crippen molar-refractivity contribution >= 4 is 23.3 Å². The molecule has 0 aliphatic carbocycles. The molecule has 3 aromatic rings. The summed E-state index contributed by atoms with van der Waals surface area (Å²) >= 11 is 0. The van der Waals surface area contributed by atoms with E-state index in [0.29, 0.717) is 17.1 Å². The van der Waals surface area contributed by atoms with Gasteiger partial charge in [-0.3, -0.25) is 9.59 Å². The van der Waals surface area contributed by atoms with Crippen LogP contribution in [0.5, 0.6) is 0 Å². The van der Waals surface area contributed by atoms with Crippen LogP contribution < -0.4 is 10.6 Å². The lowest BCUT2D eigenvalue weighted by Crippen LogP contribution is -2.31. The quantitative estimate of drug-likeness (QED) is 0.730. The Labute approximate surface area is 161 Å². The lowest BCUT2D eigenvalue weighted by Gasteiger charge is -2.25. The van der Waals surface area contributed by atoms with E-state index in [4.69, 9.17) is 0 Å². The second-order valence-electron chi connectivity index (χ2n) is 6.94. The minimum atomic E-state index is -0.703. The van der Waals surface area contributed by atoms with Crippen molar-refractivity contribution in [2.75, 3.05) is 10.6 Å². The van der Waals surface area contributed by atoms with Crippen molar-refractivity contribution in [2.24, 2.45) is 0 Å². The van der Waals surface area contributed by atoms with E-state index in [1.165, 1.54) is 18.2 Å². The summed E-state index contributed by atoms with van der Waals surface area (Å²) in [5.74, 6) is -1.31. The molecule has 4 rings (SSSR count). The molecule has 0 fully saturated rings. The van der Waals surface area contributed by atoms with Gasteiger partial charge in [-0.05, 0) is 43.7 Å². The molecule has 142 valence electrons. The van der Waals surface area contributed by atoms with E-state index in [2.05, 4.69) is 15.7 Å². The molecule has 1 atom stereocenters. The van der Waals surface area contributed by atoms with Gasteiger partial charge in [-0.2, -0.15) is 5.10 Å². The average molecular weight is 378 g/mol. The van der Waals surface area contributed by atoms with Gasteiger partial charge in [0.25, 0.3) is 0 Å². The van der Waals surface area contributed by atoms with Crippen LogP contribution in [0.3, 0.4) is 0 Å². The summed E-state index contributed by atoms with van der Waals surface area (Å²) in [4.78, 5) is 25.0. The van der Waals surface area contributed by atoms with E-state index >= 15 is 0 Å². The Morgan fingerprint density at radius 1 is 1.18 bits per heavy atom. The van der Waals surface area contributed by atoms with Crippen LogP contribution in [0.2, 0.25) is 0 Å². The normalized spacial score (nSPS) is 15.7. The Morgan fingerprint density at radius 3 is 2.68 bits per heavy atom. The maximum Gasteiger partial charge on any atom is 0.233 e. The number of benzene rings is 2. The predicted molar refractivity (Wildman–Crippen MR) is 104 cm³/mol. The number of nitrogens with one attached hydrogen (secondary N) is 2. The molecular formula is C21H19FN4O2. The third-order valence-corrected chi connectivity index (χ3v) is 4.73. The Bertz CT molecular complexity index is 1070. The van der Waals surface area contributed by atoms with E-state index in [1.807, 2.05) is 38.1 Å². The fourth-order valence-corrected chi connectivity index (χ4v) is 3.36. The van der Waals surface area contributed by atoms with Crippen LogP contribution in [-0.2, 0) is 9.59 Å². The number of hydrogen-bond acceptors (Lipinski definition) is 3. The van der Waals surface area contributed by atoms with E-state index in [0.717, 1.165) is 16.9 Å². The molecule has 0 spiro atoms. The zero-order valence-electron chi connectivity index (χ0n) is 15.5. The molecule has 0 saturated heterocycles. The van der Waals surface area contributed by atoms with Crippen molar-refractivity contribution < 1.29 is 14.0 Å². The summed E-state index contributed by atoms with van der Waals surface area (Å²) in [7, 11) is 0. The zero-order chi connectivity index (χ0) is 19.8.